The summed E-state index contributed by atoms with van der Waals surface area (Å²) in [6.07, 6.45) is 1.05. The van der Waals surface area contributed by atoms with Crippen molar-refractivity contribution in [2.75, 3.05) is 7.11 Å². The Bertz CT molecular complexity index is 368. The van der Waals surface area contributed by atoms with Crippen LogP contribution >= 0.6 is 0 Å². The number of hydrogen-bond acceptors (Lipinski definition) is 4. The van der Waals surface area contributed by atoms with Gasteiger partial charge in [-0.05, 0) is 18.6 Å². The van der Waals surface area contributed by atoms with Crippen molar-refractivity contribution in [2.45, 2.75) is 13.5 Å². The third-order valence-corrected chi connectivity index (χ3v) is 1.66. The Hall–Kier alpha value is -1.72. The molecule has 0 fully saturated rings. The van der Waals surface area contributed by atoms with E-state index in [1.807, 2.05) is 0 Å². The van der Waals surface area contributed by atoms with E-state index in [0.29, 0.717) is 5.56 Å². The third kappa shape index (κ3) is 2.87. The van der Waals surface area contributed by atoms with Crippen LogP contribution in [-0.4, -0.2) is 24.7 Å². The van der Waals surface area contributed by atoms with Crippen LogP contribution in [0.5, 0.6) is 5.75 Å². The van der Waals surface area contributed by atoms with Gasteiger partial charge < -0.3 is 9.47 Å². The molecule has 6 heteroatoms. The molecule has 0 saturated heterocycles. The fourth-order valence-corrected chi connectivity index (χ4v) is 1.03. The lowest BCUT2D eigenvalue weighted by Crippen LogP contribution is -2.08. The summed E-state index contributed by atoms with van der Waals surface area (Å²) < 4.78 is 32.2. The second kappa shape index (κ2) is 4.68. The van der Waals surface area contributed by atoms with E-state index in [9.17, 15) is 13.6 Å². The van der Waals surface area contributed by atoms with Crippen LogP contribution in [0.2, 0.25) is 0 Å². The fourth-order valence-electron chi connectivity index (χ4n) is 1.03. The molecule has 0 aromatic carbocycles. The highest BCUT2D eigenvalue weighted by Crippen LogP contribution is 2.16. The molecule has 15 heavy (non-hydrogen) atoms. The van der Waals surface area contributed by atoms with Crippen LogP contribution in [0.4, 0.5) is 8.78 Å². The van der Waals surface area contributed by atoms with E-state index in [-0.39, 0.29) is 11.4 Å². The quantitative estimate of drug-likeness (QED) is 0.724. The molecule has 0 N–H and O–H groups in total. The van der Waals surface area contributed by atoms with Crippen LogP contribution in [0, 0.1) is 6.92 Å². The molecule has 0 radical (unpaired) electrons. The van der Waals surface area contributed by atoms with Crippen molar-refractivity contribution in [2.24, 2.45) is 0 Å². The van der Waals surface area contributed by atoms with Crippen LogP contribution in [0.3, 0.4) is 0 Å². The highest BCUT2D eigenvalue weighted by atomic mass is 19.3. The average molecular weight is 217 g/mol. The number of aromatic nitrogens is 1. The minimum atomic E-state index is -2.91. The van der Waals surface area contributed by atoms with Gasteiger partial charge in [-0.3, -0.25) is 0 Å². The van der Waals surface area contributed by atoms with Crippen molar-refractivity contribution >= 4 is 5.97 Å². The molecule has 0 bridgehead atoms. The largest absolute Gasteiger partial charge is 0.464 e. The number of methoxy groups -OCH3 is 1. The molecule has 1 rings (SSSR count). The van der Waals surface area contributed by atoms with E-state index in [1.165, 1.54) is 13.2 Å². The summed E-state index contributed by atoms with van der Waals surface area (Å²) in [6.45, 7) is -1.35. The zero-order valence-corrected chi connectivity index (χ0v) is 8.16. The number of carbonyl (C=O) groups is 1. The maximum absolute atomic E-state index is 11.8. The molecule has 82 valence electrons. The maximum atomic E-state index is 11.8. The minimum absolute atomic E-state index is 0.0825. The summed E-state index contributed by atoms with van der Waals surface area (Å²) in [5.41, 5.74) is 0.499. The zero-order chi connectivity index (χ0) is 11.4. The molecule has 0 unspecified atom stereocenters. The normalized spacial score (nSPS) is 10.2. The number of esters is 1. The van der Waals surface area contributed by atoms with Crippen molar-refractivity contribution in [3.05, 3.63) is 23.5 Å². The Morgan fingerprint density at radius 2 is 2.20 bits per heavy atom. The molecule has 0 aliphatic rings. The lowest BCUT2D eigenvalue weighted by atomic mass is 10.2. The van der Waals surface area contributed by atoms with Gasteiger partial charge in [-0.25, -0.2) is 9.78 Å². The predicted molar refractivity (Wildman–Crippen MR) is 46.9 cm³/mol. The lowest BCUT2D eigenvalue weighted by Gasteiger charge is -2.06. The summed E-state index contributed by atoms with van der Waals surface area (Å²) in [5, 5.41) is 0. The van der Waals surface area contributed by atoms with Gasteiger partial charge in [0, 0.05) is 0 Å². The highest BCUT2D eigenvalue weighted by molar-refractivity contribution is 5.88. The standard InChI is InChI=1S/C9H9F2NO3/c1-5-3-6(15-9(10)11)4-12-7(5)8(13)14-2/h3-4,9H,1-2H3. The van der Waals surface area contributed by atoms with Crippen LogP contribution in [0.25, 0.3) is 0 Å². The van der Waals surface area contributed by atoms with Gasteiger partial charge in [0.15, 0.2) is 5.69 Å². The van der Waals surface area contributed by atoms with Gasteiger partial charge in [0.2, 0.25) is 0 Å². The molecule has 1 heterocycles. The van der Waals surface area contributed by atoms with Crippen LogP contribution in [0.1, 0.15) is 16.1 Å². The van der Waals surface area contributed by atoms with Gasteiger partial charge in [-0.15, -0.1) is 0 Å². The van der Waals surface area contributed by atoms with Crippen LogP contribution in [-0.2, 0) is 4.74 Å². The number of hydrogen-bond donors (Lipinski definition) is 0. The first kappa shape index (κ1) is 11.4. The molecule has 0 saturated carbocycles. The predicted octanol–water partition coefficient (Wildman–Crippen LogP) is 1.78. The van der Waals surface area contributed by atoms with Crippen molar-refractivity contribution in [3.8, 4) is 5.75 Å². The summed E-state index contributed by atoms with van der Waals surface area (Å²) >= 11 is 0. The lowest BCUT2D eigenvalue weighted by molar-refractivity contribution is -0.0501. The molecule has 0 amide bonds. The molecule has 1 aromatic heterocycles. The summed E-state index contributed by atoms with van der Waals surface area (Å²) in [4.78, 5) is 14.8. The van der Waals surface area contributed by atoms with Gasteiger partial charge in [-0.2, -0.15) is 8.78 Å². The van der Waals surface area contributed by atoms with Crippen LogP contribution in [0.15, 0.2) is 12.3 Å². The second-order valence-electron chi connectivity index (χ2n) is 2.71. The van der Waals surface area contributed by atoms with Gasteiger partial charge in [0.25, 0.3) is 0 Å². The Balaban J connectivity index is 2.93. The van der Waals surface area contributed by atoms with Crippen molar-refractivity contribution in [1.29, 1.82) is 0 Å². The van der Waals surface area contributed by atoms with E-state index in [4.69, 9.17) is 0 Å². The fraction of sp³-hybridized carbons (Fsp3) is 0.333. The van der Waals surface area contributed by atoms with Gasteiger partial charge in [0.05, 0.1) is 13.3 Å². The number of ether oxygens (including phenoxy) is 2. The van der Waals surface area contributed by atoms with E-state index in [0.717, 1.165) is 6.20 Å². The van der Waals surface area contributed by atoms with Gasteiger partial charge in [-0.1, -0.05) is 0 Å². The van der Waals surface area contributed by atoms with E-state index >= 15 is 0 Å². The third-order valence-electron chi connectivity index (χ3n) is 1.66. The Morgan fingerprint density at radius 3 is 2.67 bits per heavy atom. The number of carbonyl (C=O) groups excluding carboxylic acids is 1. The van der Waals surface area contributed by atoms with Crippen molar-refractivity contribution < 1.29 is 23.0 Å². The molecule has 0 aliphatic carbocycles. The molecular formula is C9H9F2NO3. The molecule has 0 atom stereocenters. The summed E-state index contributed by atoms with van der Waals surface area (Å²) in [5.74, 6) is -0.703. The van der Waals surface area contributed by atoms with Gasteiger partial charge >= 0.3 is 12.6 Å². The molecule has 4 nitrogen and oxygen atoms in total. The van der Waals surface area contributed by atoms with Crippen molar-refractivity contribution in [1.82, 2.24) is 4.98 Å². The van der Waals surface area contributed by atoms with E-state index < -0.39 is 12.6 Å². The van der Waals surface area contributed by atoms with E-state index in [2.05, 4.69) is 14.5 Å². The highest BCUT2D eigenvalue weighted by Gasteiger charge is 2.13. The number of aryl methyl sites for hydroxylation is 1. The Labute approximate surface area is 84.8 Å². The first-order valence-electron chi connectivity index (χ1n) is 4.04. The summed E-state index contributed by atoms with van der Waals surface area (Å²) in [6, 6.07) is 1.30. The second-order valence-corrected chi connectivity index (χ2v) is 2.71. The number of alkyl halides is 2. The van der Waals surface area contributed by atoms with Crippen LogP contribution < -0.4 is 4.74 Å². The monoisotopic (exact) mass is 217 g/mol. The Kier molecular flexibility index (Phi) is 3.54. The minimum Gasteiger partial charge on any atom is -0.464 e. The van der Waals surface area contributed by atoms with Gasteiger partial charge in [0.1, 0.15) is 5.75 Å². The molecule has 1 aromatic rings. The number of rotatable bonds is 3. The number of pyridine rings is 1. The molecular weight excluding hydrogens is 208 g/mol. The Morgan fingerprint density at radius 1 is 1.53 bits per heavy atom. The number of halogens is 2. The molecule has 0 spiro atoms. The first-order chi connectivity index (χ1) is 7.04. The van der Waals surface area contributed by atoms with E-state index in [1.54, 1.807) is 6.92 Å². The first-order valence-corrected chi connectivity index (χ1v) is 4.04. The van der Waals surface area contributed by atoms with Crippen molar-refractivity contribution in [3.63, 3.8) is 0 Å². The smallest absolute Gasteiger partial charge is 0.387 e. The average Bonchev–Trinajstić information content (AvgIpc) is 2.16. The molecule has 0 aliphatic heterocycles. The summed E-state index contributed by atoms with van der Waals surface area (Å²) in [7, 11) is 1.22. The topological polar surface area (TPSA) is 48.4 Å². The maximum Gasteiger partial charge on any atom is 0.387 e. The zero-order valence-electron chi connectivity index (χ0n) is 8.16. The SMILES string of the molecule is COC(=O)c1ncc(OC(F)F)cc1C. The number of nitrogens with zero attached hydrogens (tertiary/aromatic N) is 1.